The summed E-state index contributed by atoms with van der Waals surface area (Å²) < 4.78 is 40.6. The Balaban J connectivity index is 2.44. The number of halogens is 3. The van der Waals surface area contributed by atoms with Gasteiger partial charge >= 0.3 is 6.36 Å². The maximum Gasteiger partial charge on any atom is 0.573 e. The van der Waals surface area contributed by atoms with Crippen LogP contribution in [0.1, 0.15) is 11.1 Å². The van der Waals surface area contributed by atoms with Gasteiger partial charge in [-0.25, -0.2) is 0 Å². The van der Waals surface area contributed by atoms with E-state index in [0.717, 1.165) is 22.3 Å². The van der Waals surface area contributed by atoms with Crippen LogP contribution in [-0.4, -0.2) is 6.36 Å². The average Bonchev–Trinajstić information content (AvgIpc) is 2.27. The van der Waals surface area contributed by atoms with E-state index in [1.165, 1.54) is 12.1 Å². The zero-order valence-electron chi connectivity index (χ0n) is 10.6. The lowest BCUT2D eigenvalue weighted by Gasteiger charge is -2.14. The normalized spacial score (nSPS) is 11.4. The van der Waals surface area contributed by atoms with Crippen molar-refractivity contribution in [2.45, 2.75) is 20.2 Å². The molecule has 0 saturated heterocycles. The Labute approximate surface area is 109 Å². The lowest BCUT2D eigenvalue weighted by molar-refractivity contribution is -0.274. The Morgan fingerprint density at radius 2 is 1.42 bits per heavy atom. The average molecular weight is 266 g/mol. The molecule has 0 aliphatic heterocycles. The minimum Gasteiger partial charge on any atom is -0.406 e. The number of alkyl halides is 3. The van der Waals surface area contributed by atoms with Crippen molar-refractivity contribution in [2.75, 3.05) is 0 Å². The molecule has 100 valence electrons. The molecule has 0 bridgehead atoms. The predicted octanol–water partition coefficient (Wildman–Crippen LogP) is 4.87. The third kappa shape index (κ3) is 3.28. The molecule has 0 spiro atoms. The summed E-state index contributed by atoms with van der Waals surface area (Å²) in [5.41, 5.74) is 3.43. The molecule has 0 heterocycles. The Bertz CT molecular complexity index is 551. The Hall–Kier alpha value is -1.97. The number of hydrogen-bond donors (Lipinski definition) is 0. The molecule has 0 unspecified atom stereocenters. The van der Waals surface area contributed by atoms with Gasteiger partial charge in [0, 0.05) is 0 Å². The molecule has 0 radical (unpaired) electrons. The molecule has 19 heavy (non-hydrogen) atoms. The van der Waals surface area contributed by atoms with Gasteiger partial charge in [-0.1, -0.05) is 30.3 Å². The molecule has 2 aromatic rings. The van der Waals surface area contributed by atoms with Crippen LogP contribution in [-0.2, 0) is 0 Å². The number of ether oxygens (including phenoxy) is 1. The zero-order chi connectivity index (χ0) is 14.0. The highest BCUT2D eigenvalue weighted by Gasteiger charge is 2.31. The minimum atomic E-state index is -4.66. The Morgan fingerprint density at radius 1 is 0.895 bits per heavy atom. The van der Waals surface area contributed by atoms with Crippen LogP contribution in [0, 0.1) is 13.8 Å². The summed E-state index contributed by atoms with van der Waals surface area (Å²) in [7, 11) is 0. The highest BCUT2D eigenvalue weighted by atomic mass is 19.4. The third-order valence-electron chi connectivity index (χ3n) is 2.80. The standard InChI is InChI=1S/C15H13F3O/c1-10-8-13(19-15(16,17)18)9-11(2)14(10)12-6-4-3-5-7-12/h3-9H,1-2H3. The van der Waals surface area contributed by atoms with Crippen LogP contribution in [0.2, 0.25) is 0 Å². The molecule has 0 saturated carbocycles. The summed E-state index contributed by atoms with van der Waals surface area (Å²) >= 11 is 0. The summed E-state index contributed by atoms with van der Waals surface area (Å²) in [6.45, 7) is 3.55. The van der Waals surface area contributed by atoms with E-state index in [-0.39, 0.29) is 5.75 Å². The van der Waals surface area contributed by atoms with Crippen LogP contribution in [0.3, 0.4) is 0 Å². The van der Waals surface area contributed by atoms with Gasteiger partial charge in [-0.15, -0.1) is 13.2 Å². The zero-order valence-corrected chi connectivity index (χ0v) is 10.6. The summed E-state index contributed by atoms with van der Waals surface area (Å²) in [6, 6.07) is 12.4. The van der Waals surface area contributed by atoms with Crippen molar-refractivity contribution in [2.24, 2.45) is 0 Å². The maximum absolute atomic E-state index is 12.2. The van der Waals surface area contributed by atoms with Gasteiger partial charge in [-0.05, 0) is 48.2 Å². The van der Waals surface area contributed by atoms with E-state index in [1.54, 1.807) is 13.8 Å². The van der Waals surface area contributed by atoms with E-state index in [9.17, 15) is 13.2 Å². The second-order valence-electron chi connectivity index (χ2n) is 4.35. The van der Waals surface area contributed by atoms with Crippen LogP contribution in [0.5, 0.6) is 5.75 Å². The van der Waals surface area contributed by atoms with E-state index >= 15 is 0 Å². The van der Waals surface area contributed by atoms with Gasteiger partial charge < -0.3 is 4.74 Å². The van der Waals surface area contributed by atoms with E-state index in [4.69, 9.17) is 0 Å². The topological polar surface area (TPSA) is 9.23 Å². The van der Waals surface area contributed by atoms with Crippen molar-refractivity contribution < 1.29 is 17.9 Å². The van der Waals surface area contributed by atoms with Crippen molar-refractivity contribution in [1.82, 2.24) is 0 Å². The SMILES string of the molecule is Cc1cc(OC(F)(F)F)cc(C)c1-c1ccccc1. The fourth-order valence-corrected chi connectivity index (χ4v) is 2.18. The van der Waals surface area contributed by atoms with E-state index in [2.05, 4.69) is 4.74 Å². The smallest absolute Gasteiger partial charge is 0.406 e. The highest BCUT2D eigenvalue weighted by molar-refractivity contribution is 5.71. The van der Waals surface area contributed by atoms with Gasteiger partial charge in [0.05, 0.1) is 0 Å². The molecular weight excluding hydrogens is 253 g/mol. The van der Waals surface area contributed by atoms with E-state index in [1.807, 2.05) is 30.3 Å². The summed E-state index contributed by atoms with van der Waals surface area (Å²) in [6.07, 6.45) is -4.66. The molecule has 2 aromatic carbocycles. The number of aryl methyl sites for hydroxylation is 2. The van der Waals surface area contributed by atoms with Crippen LogP contribution in [0.15, 0.2) is 42.5 Å². The van der Waals surface area contributed by atoms with Gasteiger partial charge in [-0.3, -0.25) is 0 Å². The molecule has 0 aliphatic rings. The molecule has 2 rings (SSSR count). The van der Waals surface area contributed by atoms with Crippen molar-refractivity contribution in [1.29, 1.82) is 0 Å². The van der Waals surface area contributed by atoms with Crippen molar-refractivity contribution in [3.63, 3.8) is 0 Å². The third-order valence-corrected chi connectivity index (χ3v) is 2.80. The summed E-state index contributed by atoms with van der Waals surface area (Å²) in [4.78, 5) is 0. The first kappa shape index (κ1) is 13.5. The molecular formula is C15H13F3O. The lowest BCUT2D eigenvalue weighted by atomic mass is 9.95. The second-order valence-corrected chi connectivity index (χ2v) is 4.35. The molecule has 1 nitrogen and oxygen atoms in total. The Morgan fingerprint density at radius 3 is 1.89 bits per heavy atom. The van der Waals surface area contributed by atoms with Gasteiger partial charge in [0.2, 0.25) is 0 Å². The second kappa shape index (κ2) is 4.96. The first-order valence-corrected chi connectivity index (χ1v) is 5.79. The minimum absolute atomic E-state index is 0.179. The highest BCUT2D eigenvalue weighted by Crippen LogP contribution is 2.32. The predicted molar refractivity (Wildman–Crippen MR) is 68.0 cm³/mol. The van der Waals surface area contributed by atoms with Crippen LogP contribution in [0.25, 0.3) is 11.1 Å². The van der Waals surface area contributed by atoms with E-state index in [0.29, 0.717) is 0 Å². The monoisotopic (exact) mass is 266 g/mol. The Kier molecular flexibility index (Phi) is 3.51. The lowest BCUT2D eigenvalue weighted by Crippen LogP contribution is -2.17. The van der Waals surface area contributed by atoms with E-state index < -0.39 is 6.36 Å². The first-order chi connectivity index (χ1) is 8.87. The van der Waals surface area contributed by atoms with Crippen molar-refractivity contribution in [3.8, 4) is 16.9 Å². The fourth-order valence-electron chi connectivity index (χ4n) is 2.18. The van der Waals surface area contributed by atoms with Crippen molar-refractivity contribution >= 4 is 0 Å². The van der Waals surface area contributed by atoms with Gasteiger partial charge in [0.1, 0.15) is 5.75 Å². The molecule has 0 aromatic heterocycles. The molecule has 0 fully saturated rings. The summed E-state index contributed by atoms with van der Waals surface area (Å²) in [5.74, 6) is -0.179. The van der Waals surface area contributed by atoms with Gasteiger partial charge in [0.25, 0.3) is 0 Å². The van der Waals surface area contributed by atoms with Crippen LogP contribution in [0.4, 0.5) is 13.2 Å². The molecule has 4 heteroatoms. The van der Waals surface area contributed by atoms with Crippen LogP contribution >= 0.6 is 0 Å². The summed E-state index contributed by atoms with van der Waals surface area (Å²) in [5, 5.41) is 0. The number of hydrogen-bond acceptors (Lipinski definition) is 1. The largest absolute Gasteiger partial charge is 0.573 e. The maximum atomic E-state index is 12.2. The van der Waals surface area contributed by atoms with Gasteiger partial charge in [-0.2, -0.15) is 0 Å². The van der Waals surface area contributed by atoms with Crippen molar-refractivity contribution in [3.05, 3.63) is 53.6 Å². The quantitative estimate of drug-likeness (QED) is 0.753. The molecule has 0 aliphatic carbocycles. The number of benzene rings is 2. The molecule has 0 amide bonds. The molecule has 0 atom stereocenters. The van der Waals surface area contributed by atoms with Gasteiger partial charge in [0.15, 0.2) is 0 Å². The van der Waals surface area contributed by atoms with Crippen LogP contribution < -0.4 is 4.74 Å². The number of rotatable bonds is 2. The first-order valence-electron chi connectivity index (χ1n) is 5.79. The molecule has 0 N–H and O–H groups in total. The fraction of sp³-hybridized carbons (Fsp3) is 0.200.